The molecule has 1 fully saturated rings. The normalized spacial score (nSPS) is 16.8. The summed E-state index contributed by atoms with van der Waals surface area (Å²) < 4.78 is 11.5. The first-order valence-corrected chi connectivity index (χ1v) is 10.3. The molecule has 1 aliphatic rings. The minimum atomic E-state index is 0.589. The highest BCUT2D eigenvalue weighted by Gasteiger charge is 2.19. The van der Waals surface area contributed by atoms with Gasteiger partial charge in [0.2, 0.25) is 5.89 Å². The van der Waals surface area contributed by atoms with Gasteiger partial charge in [-0.2, -0.15) is 0 Å². The van der Waals surface area contributed by atoms with Crippen LogP contribution < -0.4 is 10.1 Å². The Hall–Kier alpha value is -2.86. The first-order valence-electron chi connectivity index (χ1n) is 10.3. The molecule has 0 aliphatic carbocycles. The van der Waals surface area contributed by atoms with Gasteiger partial charge in [-0.15, -0.1) is 0 Å². The number of hydrogen-bond acceptors (Lipinski definition) is 6. The zero-order chi connectivity index (χ0) is 19.9. The number of aromatic nitrogens is 2. The molecule has 0 radical (unpaired) electrons. The van der Waals surface area contributed by atoms with Gasteiger partial charge in [-0.1, -0.05) is 0 Å². The molecular weight excluding hydrogens is 364 g/mol. The predicted molar refractivity (Wildman–Crippen MR) is 114 cm³/mol. The molecule has 1 aromatic carbocycles. The molecule has 3 heterocycles. The van der Waals surface area contributed by atoms with Gasteiger partial charge >= 0.3 is 0 Å². The molecule has 29 heavy (non-hydrogen) atoms. The van der Waals surface area contributed by atoms with Crippen LogP contribution in [0.4, 0.5) is 5.69 Å². The number of likely N-dealkylation sites (tertiary alicyclic amines) is 1. The van der Waals surface area contributed by atoms with Gasteiger partial charge < -0.3 is 19.4 Å². The summed E-state index contributed by atoms with van der Waals surface area (Å²) in [5, 5.41) is 3.28. The fraction of sp³-hybridized carbons (Fsp3) is 0.391. The van der Waals surface area contributed by atoms with Crippen molar-refractivity contribution in [2.45, 2.75) is 38.8 Å². The molecule has 2 aromatic heterocycles. The number of oxazole rings is 1. The van der Waals surface area contributed by atoms with Crippen LogP contribution in [0.25, 0.3) is 11.5 Å². The molecular formula is C23H28N4O2. The topological polar surface area (TPSA) is 63.4 Å². The molecule has 0 bridgehead atoms. The van der Waals surface area contributed by atoms with E-state index in [1.807, 2.05) is 36.4 Å². The third-order valence-electron chi connectivity index (χ3n) is 5.34. The van der Waals surface area contributed by atoms with E-state index >= 15 is 0 Å². The van der Waals surface area contributed by atoms with Crippen LogP contribution in [0.15, 0.2) is 59.5 Å². The van der Waals surface area contributed by atoms with Crippen LogP contribution in [0.1, 0.15) is 31.9 Å². The second kappa shape index (κ2) is 9.56. The Morgan fingerprint density at radius 1 is 1.24 bits per heavy atom. The number of anilines is 1. The highest BCUT2D eigenvalue weighted by Crippen LogP contribution is 2.23. The van der Waals surface area contributed by atoms with E-state index in [4.69, 9.17) is 9.15 Å². The van der Waals surface area contributed by atoms with E-state index in [9.17, 15) is 0 Å². The van der Waals surface area contributed by atoms with Gasteiger partial charge in [-0.05, 0) is 69.1 Å². The standard InChI is InChI=1S/C23H28N4O2/c1-18-5-3-12-27(18)13-4-14-28-22-9-7-19(8-10-22)23-26-21(17-29-23)16-25-20-6-2-11-24-15-20/h2,6-11,15,17-18,25H,3-5,12-14,16H2,1H3. The van der Waals surface area contributed by atoms with Gasteiger partial charge in [0.05, 0.1) is 24.5 Å². The minimum absolute atomic E-state index is 0.589. The lowest BCUT2D eigenvalue weighted by atomic mass is 10.2. The lowest BCUT2D eigenvalue weighted by molar-refractivity contribution is 0.230. The number of pyridine rings is 1. The van der Waals surface area contributed by atoms with E-state index in [0.29, 0.717) is 12.4 Å². The Kier molecular flexibility index (Phi) is 6.42. The fourth-order valence-corrected chi connectivity index (χ4v) is 3.66. The van der Waals surface area contributed by atoms with Crippen molar-refractivity contribution in [1.82, 2.24) is 14.9 Å². The van der Waals surface area contributed by atoms with Gasteiger partial charge in [-0.25, -0.2) is 4.98 Å². The Labute approximate surface area is 171 Å². The molecule has 1 N–H and O–H groups in total. The molecule has 3 aromatic rings. The summed E-state index contributed by atoms with van der Waals surface area (Å²) in [6.45, 7) is 5.99. The fourth-order valence-electron chi connectivity index (χ4n) is 3.66. The average molecular weight is 393 g/mol. The molecule has 0 spiro atoms. The van der Waals surface area contributed by atoms with Crippen molar-refractivity contribution in [1.29, 1.82) is 0 Å². The van der Waals surface area contributed by atoms with Gasteiger partial charge in [0.25, 0.3) is 0 Å². The third kappa shape index (κ3) is 5.35. The van der Waals surface area contributed by atoms with Crippen LogP contribution in [-0.4, -0.2) is 40.6 Å². The van der Waals surface area contributed by atoms with Gasteiger partial charge in [-0.3, -0.25) is 4.98 Å². The van der Waals surface area contributed by atoms with E-state index in [1.165, 1.54) is 19.4 Å². The van der Waals surface area contributed by atoms with E-state index in [1.54, 1.807) is 18.7 Å². The van der Waals surface area contributed by atoms with Crippen molar-refractivity contribution in [3.05, 3.63) is 60.7 Å². The van der Waals surface area contributed by atoms with Crippen molar-refractivity contribution < 1.29 is 9.15 Å². The second-order valence-corrected chi connectivity index (χ2v) is 7.49. The first kappa shape index (κ1) is 19.5. The average Bonchev–Trinajstić information content (AvgIpc) is 3.40. The largest absolute Gasteiger partial charge is 0.494 e. The molecule has 1 aliphatic heterocycles. The van der Waals surface area contributed by atoms with Gasteiger partial charge in [0.15, 0.2) is 0 Å². The van der Waals surface area contributed by atoms with Crippen LogP contribution in [0.2, 0.25) is 0 Å². The molecule has 1 atom stereocenters. The van der Waals surface area contributed by atoms with Crippen LogP contribution in [0.5, 0.6) is 5.75 Å². The van der Waals surface area contributed by atoms with Crippen molar-refractivity contribution in [2.75, 3.05) is 25.0 Å². The number of nitrogens with zero attached hydrogens (tertiary/aromatic N) is 3. The van der Waals surface area contributed by atoms with E-state index in [0.717, 1.165) is 48.3 Å². The molecule has 4 rings (SSSR count). The third-order valence-corrected chi connectivity index (χ3v) is 5.34. The number of nitrogens with one attached hydrogen (secondary N) is 1. The monoisotopic (exact) mass is 392 g/mol. The van der Waals surface area contributed by atoms with Crippen LogP contribution in [-0.2, 0) is 6.54 Å². The lowest BCUT2D eigenvalue weighted by Gasteiger charge is -2.20. The van der Waals surface area contributed by atoms with Crippen LogP contribution in [0, 0.1) is 0 Å². The summed E-state index contributed by atoms with van der Waals surface area (Å²) in [5.41, 5.74) is 2.74. The van der Waals surface area contributed by atoms with Gasteiger partial charge in [0.1, 0.15) is 12.0 Å². The van der Waals surface area contributed by atoms with Crippen molar-refractivity contribution in [3.8, 4) is 17.2 Å². The van der Waals surface area contributed by atoms with Crippen LogP contribution in [0.3, 0.4) is 0 Å². The number of hydrogen-bond donors (Lipinski definition) is 1. The zero-order valence-electron chi connectivity index (χ0n) is 16.9. The molecule has 1 unspecified atom stereocenters. The van der Waals surface area contributed by atoms with Crippen molar-refractivity contribution in [2.24, 2.45) is 0 Å². The minimum Gasteiger partial charge on any atom is -0.494 e. The summed E-state index contributed by atoms with van der Waals surface area (Å²) in [5.74, 6) is 1.50. The summed E-state index contributed by atoms with van der Waals surface area (Å²) >= 11 is 0. The first-order chi connectivity index (χ1) is 14.3. The maximum atomic E-state index is 5.89. The SMILES string of the molecule is CC1CCCN1CCCOc1ccc(-c2nc(CNc3cccnc3)co2)cc1. The Balaban J connectivity index is 1.24. The van der Waals surface area contributed by atoms with Crippen molar-refractivity contribution in [3.63, 3.8) is 0 Å². The molecule has 0 saturated carbocycles. The maximum Gasteiger partial charge on any atom is 0.226 e. The van der Waals surface area contributed by atoms with Gasteiger partial charge in [0, 0.05) is 30.5 Å². The summed E-state index contributed by atoms with van der Waals surface area (Å²) in [6, 6.07) is 12.5. The highest BCUT2D eigenvalue weighted by atomic mass is 16.5. The number of benzene rings is 1. The summed E-state index contributed by atoms with van der Waals surface area (Å²) in [7, 11) is 0. The molecule has 1 saturated heterocycles. The lowest BCUT2D eigenvalue weighted by Crippen LogP contribution is -2.28. The van der Waals surface area contributed by atoms with E-state index < -0.39 is 0 Å². The molecule has 152 valence electrons. The molecule has 6 nitrogen and oxygen atoms in total. The Morgan fingerprint density at radius 3 is 2.90 bits per heavy atom. The zero-order valence-corrected chi connectivity index (χ0v) is 16.9. The summed E-state index contributed by atoms with van der Waals surface area (Å²) in [6.07, 6.45) is 8.92. The molecule has 6 heteroatoms. The Bertz CT molecular complexity index is 879. The van der Waals surface area contributed by atoms with E-state index in [-0.39, 0.29) is 0 Å². The summed E-state index contributed by atoms with van der Waals surface area (Å²) in [4.78, 5) is 11.2. The number of ether oxygens (including phenoxy) is 1. The number of rotatable bonds is 9. The molecule has 0 amide bonds. The second-order valence-electron chi connectivity index (χ2n) is 7.49. The maximum absolute atomic E-state index is 5.89. The predicted octanol–water partition coefficient (Wildman–Crippen LogP) is 4.60. The Morgan fingerprint density at radius 2 is 2.14 bits per heavy atom. The van der Waals surface area contributed by atoms with Crippen molar-refractivity contribution >= 4 is 5.69 Å². The van der Waals surface area contributed by atoms with Crippen LogP contribution >= 0.6 is 0 Å². The smallest absolute Gasteiger partial charge is 0.226 e. The highest BCUT2D eigenvalue weighted by molar-refractivity contribution is 5.54. The quantitative estimate of drug-likeness (QED) is 0.537. The van der Waals surface area contributed by atoms with E-state index in [2.05, 4.69) is 27.1 Å².